The summed E-state index contributed by atoms with van der Waals surface area (Å²) >= 11 is 0. The van der Waals surface area contributed by atoms with Crippen LogP contribution in [0.5, 0.6) is 0 Å². The van der Waals surface area contributed by atoms with Crippen LogP contribution < -0.4 is 4.90 Å². The number of benzene rings is 10. The van der Waals surface area contributed by atoms with E-state index in [4.69, 9.17) is 0 Å². The lowest BCUT2D eigenvalue weighted by Crippen LogP contribution is -2.12. The molecular weight excluding hydrogens is 715 g/mol. The number of para-hydroxylation sites is 4. The Hall–Kier alpha value is -7.88. The number of rotatable bonds is 6. The molecule has 10 aromatic carbocycles. The van der Waals surface area contributed by atoms with E-state index in [-0.39, 0.29) is 0 Å². The van der Waals surface area contributed by atoms with Crippen LogP contribution in [0.15, 0.2) is 224 Å². The lowest BCUT2D eigenvalue weighted by Gasteiger charge is -2.29. The van der Waals surface area contributed by atoms with Crippen molar-refractivity contribution in [3.63, 3.8) is 0 Å². The van der Waals surface area contributed by atoms with Gasteiger partial charge in [0.2, 0.25) is 0 Å². The van der Waals surface area contributed by atoms with Crippen molar-refractivity contribution in [3.8, 4) is 22.5 Å². The van der Waals surface area contributed by atoms with Gasteiger partial charge in [-0.25, -0.2) is 0 Å². The number of hydrogen-bond donors (Lipinski definition) is 0. The van der Waals surface area contributed by atoms with Crippen molar-refractivity contribution in [3.05, 3.63) is 224 Å². The second kappa shape index (κ2) is 13.4. The van der Waals surface area contributed by atoms with E-state index in [1.54, 1.807) is 0 Å². The summed E-state index contributed by atoms with van der Waals surface area (Å²) in [4.78, 5) is 2.44. The molecule has 0 saturated carbocycles. The van der Waals surface area contributed by atoms with Crippen LogP contribution in [-0.2, 0) is 0 Å². The average molecular weight is 752 g/mol. The van der Waals surface area contributed by atoms with E-state index in [9.17, 15) is 0 Å². The first-order valence-corrected chi connectivity index (χ1v) is 20.3. The van der Waals surface area contributed by atoms with Gasteiger partial charge in [0.1, 0.15) is 0 Å². The lowest BCUT2D eigenvalue weighted by atomic mass is 9.91. The van der Waals surface area contributed by atoms with Gasteiger partial charge in [0.15, 0.2) is 0 Å². The second-order valence-corrected chi connectivity index (χ2v) is 15.3. The molecule has 0 N–H and O–H groups in total. The van der Waals surface area contributed by atoms with Gasteiger partial charge in [-0.1, -0.05) is 146 Å². The summed E-state index contributed by atoms with van der Waals surface area (Å²) in [6.45, 7) is 0. The molecule has 59 heavy (non-hydrogen) atoms. The maximum atomic E-state index is 2.44. The van der Waals surface area contributed by atoms with E-state index in [1.165, 1.54) is 76.3 Å². The molecule has 0 radical (unpaired) electrons. The molecule has 0 amide bonds. The van der Waals surface area contributed by atoms with Gasteiger partial charge in [-0.3, -0.25) is 0 Å². The third-order valence-electron chi connectivity index (χ3n) is 12.1. The molecule has 0 aliphatic carbocycles. The maximum Gasteiger partial charge on any atom is 0.0546 e. The quantitative estimate of drug-likeness (QED) is 0.165. The summed E-state index contributed by atoms with van der Waals surface area (Å²) in [6.07, 6.45) is 0. The van der Waals surface area contributed by atoms with Crippen LogP contribution in [0.2, 0.25) is 0 Å². The molecule has 2 aromatic heterocycles. The van der Waals surface area contributed by atoms with Crippen LogP contribution in [0.25, 0.3) is 87.7 Å². The molecule has 12 rings (SSSR count). The maximum absolute atomic E-state index is 2.44. The SMILES string of the molecule is c1ccc2c(-c3c(N(c4ccc(-n5c6ccccc6c6ccccc65)cc4)c4ccc(-n5c6ccccc6c6ccccc65)cc4)ccc4ccccc34)cccc2c1. The van der Waals surface area contributed by atoms with Gasteiger partial charge in [0.25, 0.3) is 0 Å². The van der Waals surface area contributed by atoms with E-state index in [0.29, 0.717) is 0 Å². The molecule has 0 fully saturated rings. The number of aromatic nitrogens is 2. The van der Waals surface area contributed by atoms with E-state index < -0.39 is 0 Å². The van der Waals surface area contributed by atoms with E-state index in [0.717, 1.165) is 28.4 Å². The third kappa shape index (κ3) is 5.22. The molecule has 0 atom stereocenters. The van der Waals surface area contributed by atoms with Crippen molar-refractivity contribution in [2.45, 2.75) is 0 Å². The summed E-state index contributed by atoms with van der Waals surface area (Å²) in [7, 11) is 0. The first-order valence-electron chi connectivity index (χ1n) is 20.3. The minimum Gasteiger partial charge on any atom is -0.310 e. The fraction of sp³-hybridized carbons (Fsp3) is 0. The van der Waals surface area contributed by atoms with Gasteiger partial charge >= 0.3 is 0 Å². The van der Waals surface area contributed by atoms with Crippen molar-refractivity contribution in [1.29, 1.82) is 0 Å². The standard InChI is InChI=1S/C56H37N3/c1-3-17-44-38(14-1)16-13-23-50(44)56-45-18-4-2-15-39(45)28-37-55(56)57(40-29-33-42(34-30-40)58-51-24-9-5-19-46(51)47-20-6-10-25-52(47)58)41-31-35-43(36-32-41)59-53-26-11-7-21-48(53)49-22-8-12-27-54(49)59/h1-37H. The Morgan fingerprint density at radius 1 is 0.271 bits per heavy atom. The topological polar surface area (TPSA) is 13.1 Å². The minimum absolute atomic E-state index is 1.08. The number of fused-ring (bicyclic) bond motifs is 8. The van der Waals surface area contributed by atoms with Crippen molar-refractivity contribution in [1.82, 2.24) is 9.13 Å². The molecule has 0 unspecified atom stereocenters. The predicted molar refractivity (Wildman–Crippen MR) is 250 cm³/mol. The zero-order chi connectivity index (χ0) is 38.9. The number of nitrogens with zero attached hydrogens (tertiary/aromatic N) is 3. The summed E-state index contributed by atoms with van der Waals surface area (Å²) in [6, 6.07) is 81.8. The highest BCUT2D eigenvalue weighted by molar-refractivity contribution is 6.13. The van der Waals surface area contributed by atoms with Crippen molar-refractivity contribution in [2.24, 2.45) is 0 Å². The molecule has 0 spiro atoms. The fourth-order valence-electron chi connectivity index (χ4n) is 9.50. The summed E-state index contributed by atoms with van der Waals surface area (Å²) in [5.74, 6) is 0. The molecule has 0 aliphatic heterocycles. The van der Waals surface area contributed by atoms with Crippen LogP contribution in [0, 0.1) is 0 Å². The van der Waals surface area contributed by atoms with E-state index in [2.05, 4.69) is 238 Å². The van der Waals surface area contributed by atoms with Crippen LogP contribution in [0.1, 0.15) is 0 Å². The Morgan fingerprint density at radius 3 is 1.12 bits per heavy atom. The van der Waals surface area contributed by atoms with Crippen LogP contribution >= 0.6 is 0 Å². The van der Waals surface area contributed by atoms with Gasteiger partial charge in [0, 0.05) is 49.9 Å². The molecule has 0 aliphatic rings. The van der Waals surface area contributed by atoms with Crippen molar-refractivity contribution >= 4 is 82.2 Å². The highest BCUT2D eigenvalue weighted by Gasteiger charge is 2.22. The Balaban J connectivity index is 1.09. The van der Waals surface area contributed by atoms with Gasteiger partial charge in [0.05, 0.1) is 27.8 Å². The highest BCUT2D eigenvalue weighted by atomic mass is 15.1. The molecule has 12 aromatic rings. The van der Waals surface area contributed by atoms with Gasteiger partial charge in [-0.05, 0) is 106 Å². The smallest absolute Gasteiger partial charge is 0.0546 e. The van der Waals surface area contributed by atoms with Crippen molar-refractivity contribution in [2.75, 3.05) is 4.90 Å². The van der Waals surface area contributed by atoms with Gasteiger partial charge < -0.3 is 14.0 Å². The zero-order valence-electron chi connectivity index (χ0n) is 32.2. The summed E-state index contributed by atoms with van der Waals surface area (Å²) in [5.41, 5.74) is 12.8. The fourth-order valence-corrected chi connectivity index (χ4v) is 9.50. The Kier molecular flexibility index (Phi) is 7.54. The highest BCUT2D eigenvalue weighted by Crippen LogP contribution is 2.47. The lowest BCUT2D eigenvalue weighted by molar-refractivity contribution is 1.17. The third-order valence-corrected chi connectivity index (χ3v) is 12.1. The monoisotopic (exact) mass is 751 g/mol. The van der Waals surface area contributed by atoms with E-state index in [1.807, 2.05) is 0 Å². The normalized spacial score (nSPS) is 11.7. The Morgan fingerprint density at radius 2 is 0.644 bits per heavy atom. The zero-order valence-corrected chi connectivity index (χ0v) is 32.2. The van der Waals surface area contributed by atoms with E-state index >= 15 is 0 Å². The number of anilines is 3. The molecule has 2 heterocycles. The molecular formula is C56H37N3. The van der Waals surface area contributed by atoms with Gasteiger partial charge in [-0.15, -0.1) is 0 Å². The summed E-state index contributed by atoms with van der Waals surface area (Å²) < 4.78 is 4.77. The molecule has 0 saturated heterocycles. The Labute approximate surface area is 341 Å². The second-order valence-electron chi connectivity index (χ2n) is 15.3. The molecule has 3 heteroatoms. The minimum atomic E-state index is 1.08. The van der Waals surface area contributed by atoms with Gasteiger partial charge in [-0.2, -0.15) is 0 Å². The first kappa shape index (κ1) is 33.3. The molecule has 0 bridgehead atoms. The largest absolute Gasteiger partial charge is 0.310 e. The molecule has 276 valence electrons. The van der Waals surface area contributed by atoms with Crippen LogP contribution in [0.4, 0.5) is 17.1 Å². The van der Waals surface area contributed by atoms with Crippen molar-refractivity contribution < 1.29 is 0 Å². The Bertz CT molecular complexity index is 3280. The first-order chi connectivity index (χ1) is 29.3. The van der Waals surface area contributed by atoms with Crippen LogP contribution in [0.3, 0.4) is 0 Å². The molecule has 3 nitrogen and oxygen atoms in total. The predicted octanol–water partition coefficient (Wildman–Crippen LogP) is 15.3. The average Bonchev–Trinajstić information content (AvgIpc) is 3.83. The van der Waals surface area contributed by atoms with Crippen LogP contribution in [-0.4, -0.2) is 9.13 Å². The summed E-state index contributed by atoms with van der Waals surface area (Å²) in [5, 5.41) is 9.91. The number of hydrogen-bond acceptors (Lipinski definition) is 1.